The van der Waals surface area contributed by atoms with Crippen molar-refractivity contribution in [3.8, 4) is 0 Å². The third-order valence-corrected chi connectivity index (χ3v) is 4.75. The number of carbonyl (C=O) groups is 2. The number of carbonyl (C=O) groups excluding carboxylic acids is 2. The van der Waals surface area contributed by atoms with Gasteiger partial charge in [-0.1, -0.05) is 0 Å². The Bertz CT molecular complexity index is 605. The fourth-order valence-electron chi connectivity index (χ4n) is 3.41. The SMILES string of the molecule is CC(=O)NC(C)(C(=O)NC1CCc2nc(C)cn2C1)C1CC1. The Balaban J connectivity index is 1.67. The van der Waals surface area contributed by atoms with Gasteiger partial charge in [-0.3, -0.25) is 9.59 Å². The van der Waals surface area contributed by atoms with E-state index in [2.05, 4.69) is 20.2 Å². The molecule has 2 heterocycles. The van der Waals surface area contributed by atoms with Crippen molar-refractivity contribution in [2.24, 2.45) is 5.92 Å². The highest BCUT2D eigenvalue weighted by Gasteiger charge is 2.48. The molecule has 1 aliphatic heterocycles. The predicted molar refractivity (Wildman–Crippen MR) is 82.2 cm³/mol. The van der Waals surface area contributed by atoms with Crippen LogP contribution in [0.25, 0.3) is 0 Å². The van der Waals surface area contributed by atoms with Gasteiger partial charge in [-0.15, -0.1) is 0 Å². The van der Waals surface area contributed by atoms with Gasteiger partial charge in [0.15, 0.2) is 0 Å². The average Bonchev–Trinajstić information content (AvgIpc) is 3.20. The summed E-state index contributed by atoms with van der Waals surface area (Å²) in [6.07, 6.45) is 5.79. The second-order valence-corrected chi connectivity index (χ2v) is 6.82. The molecular weight excluding hydrogens is 280 g/mol. The van der Waals surface area contributed by atoms with Crippen molar-refractivity contribution in [3.05, 3.63) is 17.7 Å². The minimum atomic E-state index is -0.781. The number of amides is 2. The first-order valence-corrected chi connectivity index (χ1v) is 8.01. The molecule has 2 atom stereocenters. The smallest absolute Gasteiger partial charge is 0.246 e. The lowest BCUT2D eigenvalue weighted by Crippen LogP contribution is -2.60. The van der Waals surface area contributed by atoms with Gasteiger partial charge in [0.1, 0.15) is 11.4 Å². The molecule has 0 bridgehead atoms. The van der Waals surface area contributed by atoms with E-state index in [1.165, 1.54) is 6.92 Å². The van der Waals surface area contributed by atoms with Crippen LogP contribution in [0.1, 0.15) is 44.6 Å². The zero-order chi connectivity index (χ0) is 15.9. The van der Waals surface area contributed by atoms with E-state index in [1.807, 2.05) is 20.0 Å². The van der Waals surface area contributed by atoms with E-state index < -0.39 is 5.54 Å². The lowest BCUT2D eigenvalue weighted by Gasteiger charge is -2.33. The monoisotopic (exact) mass is 304 g/mol. The van der Waals surface area contributed by atoms with Gasteiger partial charge in [-0.25, -0.2) is 4.98 Å². The maximum atomic E-state index is 12.7. The third kappa shape index (κ3) is 2.87. The van der Waals surface area contributed by atoms with Gasteiger partial charge in [0.05, 0.1) is 5.69 Å². The van der Waals surface area contributed by atoms with Crippen molar-refractivity contribution in [3.63, 3.8) is 0 Å². The van der Waals surface area contributed by atoms with Crippen molar-refractivity contribution in [1.82, 2.24) is 20.2 Å². The van der Waals surface area contributed by atoms with Gasteiger partial charge >= 0.3 is 0 Å². The molecule has 1 aromatic heterocycles. The number of hydrogen-bond donors (Lipinski definition) is 2. The Kier molecular flexibility index (Phi) is 3.70. The van der Waals surface area contributed by atoms with Crippen molar-refractivity contribution in [2.45, 2.75) is 64.6 Å². The molecule has 6 heteroatoms. The second-order valence-electron chi connectivity index (χ2n) is 6.82. The number of nitrogens with zero attached hydrogens (tertiary/aromatic N) is 2. The zero-order valence-electron chi connectivity index (χ0n) is 13.5. The Labute approximate surface area is 130 Å². The Hall–Kier alpha value is -1.85. The van der Waals surface area contributed by atoms with Gasteiger partial charge < -0.3 is 15.2 Å². The fraction of sp³-hybridized carbons (Fsp3) is 0.688. The maximum Gasteiger partial charge on any atom is 0.246 e. The van der Waals surface area contributed by atoms with E-state index >= 15 is 0 Å². The predicted octanol–water partition coefficient (Wildman–Crippen LogP) is 0.927. The normalized spacial score (nSPS) is 23.3. The highest BCUT2D eigenvalue weighted by molar-refractivity contribution is 5.91. The van der Waals surface area contributed by atoms with Crippen molar-refractivity contribution in [2.75, 3.05) is 0 Å². The summed E-state index contributed by atoms with van der Waals surface area (Å²) in [7, 11) is 0. The molecule has 1 fully saturated rings. The highest BCUT2D eigenvalue weighted by Crippen LogP contribution is 2.39. The molecular formula is C16H24N4O2. The topological polar surface area (TPSA) is 76.0 Å². The first kappa shape index (κ1) is 15.1. The van der Waals surface area contributed by atoms with Crippen LogP contribution in [-0.2, 0) is 22.6 Å². The van der Waals surface area contributed by atoms with Crippen molar-refractivity contribution < 1.29 is 9.59 Å². The Morgan fingerprint density at radius 2 is 2.09 bits per heavy atom. The number of rotatable bonds is 4. The summed E-state index contributed by atoms with van der Waals surface area (Å²) in [5, 5.41) is 5.99. The minimum Gasteiger partial charge on any atom is -0.350 e. The van der Waals surface area contributed by atoms with Crippen molar-refractivity contribution in [1.29, 1.82) is 0 Å². The largest absolute Gasteiger partial charge is 0.350 e. The highest BCUT2D eigenvalue weighted by atomic mass is 16.2. The van der Waals surface area contributed by atoms with Crippen LogP contribution in [0.5, 0.6) is 0 Å². The van der Waals surface area contributed by atoms with E-state index in [1.54, 1.807) is 0 Å². The van der Waals surface area contributed by atoms with Gasteiger partial charge in [0, 0.05) is 32.1 Å². The van der Waals surface area contributed by atoms with Gasteiger partial charge in [-0.05, 0) is 39.0 Å². The number of imidazole rings is 1. The summed E-state index contributed by atoms with van der Waals surface area (Å²) < 4.78 is 2.12. The summed E-state index contributed by atoms with van der Waals surface area (Å²) in [6.45, 7) is 6.05. The first-order valence-electron chi connectivity index (χ1n) is 8.01. The molecule has 0 aromatic carbocycles. The van der Waals surface area contributed by atoms with Crippen LogP contribution in [0.4, 0.5) is 0 Å². The average molecular weight is 304 g/mol. The molecule has 1 aliphatic carbocycles. The number of hydrogen-bond acceptors (Lipinski definition) is 3. The summed E-state index contributed by atoms with van der Waals surface area (Å²) in [6, 6.07) is 0.0976. The van der Waals surface area contributed by atoms with Crippen LogP contribution in [-0.4, -0.2) is 32.9 Å². The molecule has 6 nitrogen and oxygen atoms in total. The summed E-state index contributed by atoms with van der Waals surface area (Å²) in [5.41, 5.74) is 0.236. The van der Waals surface area contributed by atoms with Crippen molar-refractivity contribution >= 4 is 11.8 Å². The van der Waals surface area contributed by atoms with E-state index in [0.29, 0.717) is 0 Å². The molecule has 0 radical (unpaired) electrons. The summed E-state index contributed by atoms with van der Waals surface area (Å²) in [4.78, 5) is 28.7. The number of fused-ring (bicyclic) bond motifs is 1. The van der Waals surface area contributed by atoms with E-state index in [4.69, 9.17) is 0 Å². The summed E-state index contributed by atoms with van der Waals surface area (Å²) in [5.74, 6) is 1.14. The van der Waals surface area contributed by atoms with Gasteiger partial charge in [0.25, 0.3) is 0 Å². The third-order valence-electron chi connectivity index (χ3n) is 4.75. The molecule has 2 aliphatic rings. The number of aryl methyl sites for hydroxylation is 2. The van der Waals surface area contributed by atoms with E-state index in [9.17, 15) is 9.59 Å². The molecule has 2 unspecified atom stereocenters. The van der Waals surface area contributed by atoms with Crippen LogP contribution >= 0.6 is 0 Å². The molecule has 120 valence electrons. The van der Waals surface area contributed by atoms with E-state index in [-0.39, 0.29) is 23.8 Å². The van der Waals surface area contributed by atoms with Crippen LogP contribution < -0.4 is 10.6 Å². The molecule has 22 heavy (non-hydrogen) atoms. The lowest BCUT2D eigenvalue weighted by molar-refractivity contribution is -0.133. The molecule has 2 amide bonds. The standard InChI is InChI=1S/C16H24N4O2/c1-10-8-20-9-13(6-7-14(20)17-10)18-15(22)16(3,12-4-5-12)19-11(2)21/h8,12-13H,4-7,9H2,1-3H3,(H,18,22)(H,19,21). The first-order chi connectivity index (χ1) is 10.4. The number of aromatic nitrogens is 2. The fourth-order valence-corrected chi connectivity index (χ4v) is 3.41. The molecule has 2 N–H and O–H groups in total. The van der Waals surface area contributed by atoms with Gasteiger partial charge in [-0.2, -0.15) is 0 Å². The van der Waals surface area contributed by atoms with Crippen LogP contribution in [0.15, 0.2) is 6.20 Å². The summed E-state index contributed by atoms with van der Waals surface area (Å²) >= 11 is 0. The van der Waals surface area contributed by atoms with Gasteiger partial charge in [0.2, 0.25) is 11.8 Å². The Morgan fingerprint density at radius 3 is 2.73 bits per heavy atom. The van der Waals surface area contributed by atoms with Crippen LogP contribution in [0.2, 0.25) is 0 Å². The Morgan fingerprint density at radius 1 is 1.36 bits per heavy atom. The molecule has 0 saturated heterocycles. The quantitative estimate of drug-likeness (QED) is 0.869. The molecule has 1 aromatic rings. The van der Waals surface area contributed by atoms with E-state index in [0.717, 1.165) is 43.7 Å². The van der Waals surface area contributed by atoms with Crippen LogP contribution in [0.3, 0.4) is 0 Å². The molecule has 0 spiro atoms. The molecule has 3 rings (SSSR count). The maximum absolute atomic E-state index is 12.7. The second kappa shape index (κ2) is 5.41. The zero-order valence-corrected chi connectivity index (χ0v) is 13.5. The number of nitrogens with one attached hydrogen (secondary N) is 2. The minimum absolute atomic E-state index is 0.0597. The van der Waals surface area contributed by atoms with Crippen LogP contribution in [0, 0.1) is 12.8 Å². The molecule has 1 saturated carbocycles. The lowest BCUT2D eigenvalue weighted by atomic mass is 9.93.